The van der Waals surface area contributed by atoms with Gasteiger partial charge in [-0.1, -0.05) is 0 Å². The summed E-state index contributed by atoms with van der Waals surface area (Å²) in [6.45, 7) is 8.00. The molecular weight excluding hydrogens is 131 g/mol. The maximum atomic E-state index is 3.81. The first-order valence-electron chi connectivity index (χ1n) is 4.06. The molecule has 0 aliphatic heterocycles. The van der Waals surface area contributed by atoms with Crippen LogP contribution >= 0.6 is 0 Å². The number of benzene rings is 1. The second-order valence-corrected chi connectivity index (χ2v) is 2.66. The number of hydrogen-bond donors (Lipinski definition) is 0. The van der Waals surface area contributed by atoms with Gasteiger partial charge in [0.1, 0.15) is 0 Å². The van der Waals surface area contributed by atoms with Gasteiger partial charge in [0, 0.05) is 0 Å². The van der Waals surface area contributed by atoms with E-state index in [2.05, 4.69) is 37.7 Å². The van der Waals surface area contributed by atoms with E-state index in [0.717, 1.165) is 6.42 Å². The van der Waals surface area contributed by atoms with Gasteiger partial charge < -0.3 is 0 Å². The molecule has 1 aromatic rings. The maximum absolute atomic E-state index is 3.81. The quantitative estimate of drug-likeness (QED) is 0.571. The average Bonchev–Trinajstić information content (AvgIpc) is 2.09. The summed E-state index contributed by atoms with van der Waals surface area (Å²) in [7, 11) is 0. The summed E-state index contributed by atoms with van der Waals surface area (Å²) < 4.78 is 0. The predicted octanol–water partition coefficient (Wildman–Crippen LogP) is 2.27. The van der Waals surface area contributed by atoms with Crippen LogP contribution in [0.3, 0.4) is 0 Å². The summed E-state index contributed by atoms with van der Waals surface area (Å²) >= 11 is 0. The average molecular weight is 144 g/mol. The molecule has 1 atom stereocenters. The molecule has 0 fully saturated rings. The molecule has 56 valence electrons. The van der Waals surface area contributed by atoms with Gasteiger partial charge >= 0.3 is 68.4 Å². The zero-order valence-electron chi connectivity index (χ0n) is 6.96. The third kappa shape index (κ3) is 2.04. The van der Waals surface area contributed by atoms with Crippen LogP contribution in [0.5, 0.6) is 0 Å². The molecule has 0 bridgehead atoms. The van der Waals surface area contributed by atoms with E-state index in [4.69, 9.17) is 0 Å². The molecule has 0 aliphatic carbocycles. The minimum absolute atomic E-state index is 0.524. The van der Waals surface area contributed by atoms with Crippen molar-refractivity contribution in [3.8, 4) is 0 Å². The second kappa shape index (κ2) is 4.12. The summed E-state index contributed by atoms with van der Waals surface area (Å²) in [6.07, 6.45) is 1.13. The molecule has 0 aliphatic rings. The Kier molecular flexibility index (Phi) is 3.09. The van der Waals surface area contributed by atoms with Gasteiger partial charge in [-0.3, -0.25) is 0 Å². The Labute approximate surface area is 69.2 Å². The molecule has 1 unspecified atom stereocenters. The van der Waals surface area contributed by atoms with E-state index >= 15 is 0 Å². The Morgan fingerprint density at radius 3 is 2.45 bits per heavy atom. The molecule has 1 heteroatoms. The van der Waals surface area contributed by atoms with Crippen LogP contribution in [0.25, 0.3) is 0 Å². The van der Waals surface area contributed by atoms with E-state index < -0.39 is 0 Å². The van der Waals surface area contributed by atoms with Gasteiger partial charge in [-0.15, -0.1) is 0 Å². The summed E-state index contributed by atoms with van der Waals surface area (Å²) in [4.78, 5) is 0. The first-order chi connectivity index (χ1) is 5.38. The molecule has 0 radical (unpaired) electrons. The summed E-state index contributed by atoms with van der Waals surface area (Å²) in [6, 6.07) is 10.5. The zero-order valence-corrected chi connectivity index (χ0v) is 6.96. The van der Waals surface area contributed by atoms with Crippen LogP contribution in [0.1, 0.15) is 24.7 Å². The molecule has 0 saturated carbocycles. The predicted molar refractivity (Wildman–Crippen MR) is 52.3 cm³/mol. The van der Waals surface area contributed by atoms with Crippen LogP contribution < -0.4 is 0 Å². The van der Waals surface area contributed by atoms with Gasteiger partial charge in [0.2, 0.25) is 0 Å². The van der Waals surface area contributed by atoms with Gasteiger partial charge in [-0.05, 0) is 0 Å². The van der Waals surface area contributed by atoms with Crippen LogP contribution in [0.4, 0.5) is 0 Å². The van der Waals surface area contributed by atoms with Crippen LogP contribution in [0, 0.1) is 0 Å². The van der Waals surface area contributed by atoms with Crippen molar-refractivity contribution in [1.82, 2.24) is 0 Å². The van der Waals surface area contributed by atoms with Crippen molar-refractivity contribution in [2.75, 3.05) is 0 Å². The zero-order chi connectivity index (χ0) is 8.10. The van der Waals surface area contributed by atoms with Gasteiger partial charge in [0.25, 0.3) is 0 Å². The molecule has 0 saturated heterocycles. The molecule has 0 heterocycles. The van der Waals surface area contributed by atoms with Crippen molar-refractivity contribution in [2.24, 2.45) is 0 Å². The minimum atomic E-state index is 0.524. The normalized spacial score (nSPS) is 12.1. The molecule has 11 heavy (non-hydrogen) atoms. The number of hydrogen-bond acceptors (Lipinski definition) is 0. The van der Waals surface area contributed by atoms with Gasteiger partial charge in [-0.25, -0.2) is 0 Å². The Bertz CT molecular complexity index is 216. The fourth-order valence-electron chi connectivity index (χ4n) is 1.24. The van der Waals surface area contributed by atoms with Crippen molar-refractivity contribution in [1.29, 1.82) is 0 Å². The molecule has 0 spiro atoms. The van der Waals surface area contributed by atoms with Gasteiger partial charge in [-0.2, -0.15) is 0 Å². The summed E-state index contributed by atoms with van der Waals surface area (Å²) in [5.74, 6) is 0.524. The Morgan fingerprint density at radius 2 is 2.00 bits per heavy atom. The third-order valence-electron chi connectivity index (χ3n) is 1.95. The van der Waals surface area contributed by atoms with Crippen LogP contribution in [0.15, 0.2) is 30.3 Å². The van der Waals surface area contributed by atoms with E-state index in [-0.39, 0.29) is 0 Å². The van der Waals surface area contributed by atoms with E-state index in [1.807, 2.05) is 13.0 Å². The SMILES string of the molecule is C=BC(CC)c1ccccc1. The molecule has 0 nitrogen and oxygen atoms in total. The van der Waals surface area contributed by atoms with Crippen molar-refractivity contribution in [3.05, 3.63) is 35.9 Å². The fraction of sp³-hybridized carbons (Fsp3) is 0.300. The van der Waals surface area contributed by atoms with Gasteiger partial charge in [0.05, 0.1) is 0 Å². The third-order valence-corrected chi connectivity index (χ3v) is 1.95. The second-order valence-electron chi connectivity index (χ2n) is 2.66. The summed E-state index contributed by atoms with van der Waals surface area (Å²) in [5.41, 5.74) is 1.37. The monoisotopic (exact) mass is 144 g/mol. The van der Waals surface area contributed by atoms with Crippen molar-refractivity contribution in [2.45, 2.75) is 19.2 Å². The van der Waals surface area contributed by atoms with Crippen LogP contribution in [-0.2, 0) is 0 Å². The number of rotatable bonds is 3. The standard InChI is InChI=1S/C10H13B/c1-3-10(11-2)9-7-5-4-6-8-9/h4-8,10H,2-3H2,1H3. The van der Waals surface area contributed by atoms with E-state index in [1.165, 1.54) is 5.56 Å². The summed E-state index contributed by atoms with van der Waals surface area (Å²) in [5, 5.41) is 0. The topological polar surface area (TPSA) is 0 Å². The van der Waals surface area contributed by atoms with Crippen molar-refractivity contribution >= 4 is 13.4 Å². The van der Waals surface area contributed by atoms with E-state index in [1.54, 1.807) is 0 Å². The molecule has 1 rings (SSSR count). The molecule has 0 N–H and O–H groups in total. The first-order valence-corrected chi connectivity index (χ1v) is 4.06. The van der Waals surface area contributed by atoms with Crippen LogP contribution in [0.2, 0.25) is 0 Å². The Hall–Kier alpha value is -0.845. The van der Waals surface area contributed by atoms with Crippen molar-refractivity contribution < 1.29 is 0 Å². The fourth-order valence-corrected chi connectivity index (χ4v) is 1.24. The van der Waals surface area contributed by atoms with E-state index in [9.17, 15) is 0 Å². The van der Waals surface area contributed by atoms with E-state index in [0.29, 0.717) is 5.82 Å². The molecule has 1 aromatic carbocycles. The van der Waals surface area contributed by atoms with Gasteiger partial charge in [0.15, 0.2) is 0 Å². The Morgan fingerprint density at radius 1 is 1.36 bits per heavy atom. The molecular formula is C10H13B. The van der Waals surface area contributed by atoms with Crippen LogP contribution in [-0.4, -0.2) is 13.4 Å². The molecule has 0 aromatic heterocycles. The van der Waals surface area contributed by atoms with Crippen molar-refractivity contribution in [3.63, 3.8) is 0 Å². The first kappa shape index (κ1) is 8.25. The Balaban J connectivity index is 2.82. The molecule has 0 amide bonds.